The highest BCUT2D eigenvalue weighted by atomic mass is 19.1. The molecule has 0 fully saturated rings. The lowest BCUT2D eigenvalue weighted by atomic mass is 10.0. The Labute approximate surface area is 128 Å². The summed E-state index contributed by atoms with van der Waals surface area (Å²) in [6, 6.07) is 6.22. The minimum atomic E-state index is -0.443. The number of halogens is 1. The second kappa shape index (κ2) is 7.17. The number of nitrogens with zero attached hydrogens (tertiary/aromatic N) is 2. The van der Waals surface area contributed by atoms with E-state index in [0.29, 0.717) is 18.5 Å². The first-order valence-corrected chi connectivity index (χ1v) is 7.25. The van der Waals surface area contributed by atoms with Gasteiger partial charge in [-0.15, -0.1) is 0 Å². The van der Waals surface area contributed by atoms with Crippen LogP contribution >= 0.6 is 0 Å². The quantitative estimate of drug-likeness (QED) is 0.859. The second-order valence-corrected chi connectivity index (χ2v) is 5.48. The van der Waals surface area contributed by atoms with Crippen molar-refractivity contribution >= 4 is 5.91 Å². The molecule has 0 bridgehead atoms. The van der Waals surface area contributed by atoms with Gasteiger partial charge in [-0.3, -0.25) is 4.79 Å². The van der Waals surface area contributed by atoms with Crippen LogP contribution in [0.25, 0.3) is 5.69 Å². The van der Waals surface area contributed by atoms with Crippen molar-refractivity contribution in [2.45, 2.75) is 26.4 Å². The Hall–Kier alpha value is -2.21. The number of amides is 1. The zero-order valence-corrected chi connectivity index (χ0v) is 12.7. The standard InChI is InChI=1S/C16H20FN3O2/c1-11(2)15(21)7-8-18-16(22)12-9-19-20(10-12)14-6-4-3-5-13(14)17/h3-6,9-11,15,21H,7-8H2,1-2H3,(H,18,22). The van der Waals surface area contributed by atoms with Gasteiger partial charge in [0, 0.05) is 12.7 Å². The third-order valence-electron chi connectivity index (χ3n) is 3.44. The molecule has 0 saturated heterocycles. The number of para-hydroxylation sites is 1. The molecule has 2 aromatic rings. The van der Waals surface area contributed by atoms with Crippen molar-refractivity contribution in [3.63, 3.8) is 0 Å². The first-order valence-electron chi connectivity index (χ1n) is 7.25. The van der Waals surface area contributed by atoms with Gasteiger partial charge < -0.3 is 10.4 Å². The molecule has 1 amide bonds. The molecule has 1 atom stereocenters. The van der Waals surface area contributed by atoms with Gasteiger partial charge in [0.05, 0.1) is 17.9 Å². The van der Waals surface area contributed by atoms with Crippen LogP contribution < -0.4 is 5.32 Å². The second-order valence-electron chi connectivity index (χ2n) is 5.48. The van der Waals surface area contributed by atoms with E-state index in [2.05, 4.69) is 10.4 Å². The van der Waals surface area contributed by atoms with Gasteiger partial charge in [-0.2, -0.15) is 5.10 Å². The minimum Gasteiger partial charge on any atom is -0.393 e. The fourth-order valence-electron chi connectivity index (χ4n) is 1.98. The fraction of sp³-hybridized carbons (Fsp3) is 0.375. The van der Waals surface area contributed by atoms with Gasteiger partial charge in [0.25, 0.3) is 5.91 Å². The smallest absolute Gasteiger partial charge is 0.254 e. The molecule has 1 aromatic carbocycles. The number of aliphatic hydroxyl groups excluding tert-OH is 1. The van der Waals surface area contributed by atoms with Crippen LogP contribution in [0.1, 0.15) is 30.6 Å². The number of rotatable bonds is 6. The van der Waals surface area contributed by atoms with Crippen LogP contribution in [-0.4, -0.2) is 33.4 Å². The van der Waals surface area contributed by atoms with Crippen molar-refractivity contribution in [3.05, 3.63) is 48.0 Å². The predicted octanol–water partition coefficient (Wildman–Crippen LogP) is 2.15. The predicted molar refractivity (Wildman–Crippen MR) is 81.3 cm³/mol. The van der Waals surface area contributed by atoms with Crippen LogP contribution in [0.5, 0.6) is 0 Å². The van der Waals surface area contributed by atoms with Crippen LogP contribution in [0.3, 0.4) is 0 Å². The summed E-state index contributed by atoms with van der Waals surface area (Å²) in [6.45, 7) is 4.22. The number of carbonyl (C=O) groups is 1. The SMILES string of the molecule is CC(C)C(O)CCNC(=O)c1cnn(-c2ccccc2F)c1. The van der Waals surface area contributed by atoms with Crippen LogP contribution in [-0.2, 0) is 0 Å². The van der Waals surface area contributed by atoms with Crippen molar-refractivity contribution in [1.82, 2.24) is 15.1 Å². The van der Waals surface area contributed by atoms with E-state index in [9.17, 15) is 14.3 Å². The van der Waals surface area contributed by atoms with Gasteiger partial charge in [-0.25, -0.2) is 9.07 Å². The summed E-state index contributed by atoms with van der Waals surface area (Å²) in [5.41, 5.74) is 0.638. The van der Waals surface area contributed by atoms with Crippen molar-refractivity contribution in [1.29, 1.82) is 0 Å². The lowest BCUT2D eigenvalue weighted by Gasteiger charge is -2.14. The van der Waals surface area contributed by atoms with E-state index < -0.39 is 11.9 Å². The lowest BCUT2D eigenvalue weighted by Crippen LogP contribution is -2.28. The van der Waals surface area contributed by atoms with E-state index >= 15 is 0 Å². The van der Waals surface area contributed by atoms with Crippen LogP contribution in [0.2, 0.25) is 0 Å². The molecule has 2 rings (SSSR count). The Kier molecular flexibility index (Phi) is 5.27. The van der Waals surface area contributed by atoms with Gasteiger partial charge in [-0.1, -0.05) is 26.0 Å². The van der Waals surface area contributed by atoms with Gasteiger partial charge in [-0.05, 0) is 24.5 Å². The topological polar surface area (TPSA) is 67.2 Å². The molecule has 0 aliphatic heterocycles. The summed E-state index contributed by atoms with van der Waals surface area (Å²) in [5, 5.41) is 16.4. The van der Waals surface area contributed by atoms with Gasteiger partial charge in [0.1, 0.15) is 11.5 Å². The number of hydrogen-bond donors (Lipinski definition) is 2. The Balaban J connectivity index is 1.97. The molecule has 22 heavy (non-hydrogen) atoms. The molecule has 0 spiro atoms. The molecule has 1 heterocycles. The van der Waals surface area contributed by atoms with Crippen molar-refractivity contribution < 1.29 is 14.3 Å². The van der Waals surface area contributed by atoms with E-state index in [4.69, 9.17) is 0 Å². The summed E-state index contributed by atoms with van der Waals surface area (Å²) < 4.78 is 15.0. The highest BCUT2D eigenvalue weighted by Crippen LogP contribution is 2.12. The van der Waals surface area contributed by atoms with Gasteiger partial charge in [0.15, 0.2) is 0 Å². The van der Waals surface area contributed by atoms with E-state index in [1.165, 1.54) is 23.1 Å². The van der Waals surface area contributed by atoms with E-state index in [1.807, 2.05) is 13.8 Å². The molecule has 1 aromatic heterocycles. The number of aromatic nitrogens is 2. The molecule has 5 nitrogen and oxygen atoms in total. The fourth-order valence-corrected chi connectivity index (χ4v) is 1.98. The zero-order chi connectivity index (χ0) is 16.1. The Morgan fingerprint density at radius 1 is 1.41 bits per heavy atom. The lowest BCUT2D eigenvalue weighted by molar-refractivity contribution is 0.0920. The van der Waals surface area contributed by atoms with Crippen LogP contribution in [0.15, 0.2) is 36.7 Å². The Morgan fingerprint density at radius 3 is 2.82 bits per heavy atom. The number of aliphatic hydroxyl groups is 1. The van der Waals surface area contributed by atoms with Gasteiger partial charge in [0.2, 0.25) is 0 Å². The molecule has 0 radical (unpaired) electrons. The Bertz CT molecular complexity index is 640. The maximum atomic E-state index is 13.7. The zero-order valence-electron chi connectivity index (χ0n) is 12.7. The van der Waals surface area contributed by atoms with Crippen molar-refractivity contribution in [3.8, 4) is 5.69 Å². The molecule has 0 aliphatic rings. The molecular weight excluding hydrogens is 285 g/mol. The largest absolute Gasteiger partial charge is 0.393 e. The van der Waals surface area contributed by atoms with Gasteiger partial charge >= 0.3 is 0 Å². The summed E-state index contributed by atoms with van der Waals surface area (Å²) in [5.74, 6) is -0.545. The number of carbonyl (C=O) groups excluding carboxylic acids is 1. The first-order chi connectivity index (χ1) is 10.5. The average molecular weight is 305 g/mol. The number of nitrogens with one attached hydrogen (secondary N) is 1. The van der Waals surface area contributed by atoms with E-state index in [0.717, 1.165) is 0 Å². The molecule has 1 unspecified atom stereocenters. The summed E-state index contributed by atoms with van der Waals surface area (Å²) in [6.07, 6.45) is 2.92. The third kappa shape index (κ3) is 3.92. The molecule has 0 aliphatic carbocycles. The van der Waals surface area contributed by atoms with Crippen LogP contribution in [0, 0.1) is 11.7 Å². The molecular formula is C16H20FN3O2. The molecule has 0 saturated carbocycles. The van der Waals surface area contributed by atoms with E-state index in [1.54, 1.807) is 18.2 Å². The third-order valence-corrected chi connectivity index (χ3v) is 3.44. The number of benzene rings is 1. The maximum Gasteiger partial charge on any atom is 0.254 e. The van der Waals surface area contributed by atoms with Crippen molar-refractivity contribution in [2.75, 3.05) is 6.54 Å². The van der Waals surface area contributed by atoms with Crippen LogP contribution in [0.4, 0.5) is 4.39 Å². The molecule has 2 N–H and O–H groups in total. The highest BCUT2D eigenvalue weighted by molar-refractivity contribution is 5.93. The minimum absolute atomic E-state index is 0.153. The Morgan fingerprint density at radius 2 is 2.14 bits per heavy atom. The number of hydrogen-bond acceptors (Lipinski definition) is 3. The average Bonchev–Trinajstić information content (AvgIpc) is 2.97. The highest BCUT2D eigenvalue weighted by Gasteiger charge is 2.13. The monoisotopic (exact) mass is 305 g/mol. The summed E-state index contributed by atoms with van der Waals surface area (Å²) in [7, 11) is 0. The molecule has 6 heteroatoms. The van der Waals surface area contributed by atoms with Crippen molar-refractivity contribution in [2.24, 2.45) is 5.92 Å². The normalized spacial score (nSPS) is 12.4. The summed E-state index contributed by atoms with van der Waals surface area (Å²) in [4.78, 5) is 12.0. The molecule has 118 valence electrons. The first kappa shape index (κ1) is 16.2. The van der Waals surface area contributed by atoms with E-state index in [-0.39, 0.29) is 17.5 Å². The summed E-state index contributed by atoms with van der Waals surface area (Å²) >= 11 is 0. The maximum absolute atomic E-state index is 13.7.